The minimum absolute atomic E-state index is 0.106. The molecule has 0 fully saturated rings. The number of rotatable bonds is 0. The molecule has 0 amide bonds. The molecule has 4 nitrogen and oxygen atoms in total. The van der Waals surface area contributed by atoms with Crippen molar-refractivity contribution >= 4 is 19.1 Å². The van der Waals surface area contributed by atoms with Gasteiger partial charge in [-0.25, -0.2) is 0 Å². The SMILES string of the molecule is O=[N+]([O-])O.[Cl][Pd][Cl]. The number of nitrogens with zero attached hydrogens (tertiary/aromatic N) is 1. The summed E-state index contributed by atoms with van der Waals surface area (Å²) in [6.45, 7) is 0. The summed E-state index contributed by atoms with van der Waals surface area (Å²) in [5.41, 5.74) is 0. The van der Waals surface area contributed by atoms with Crippen molar-refractivity contribution in [1.82, 2.24) is 0 Å². The summed E-state index contributed by atoms with van der Waals surface area (Å²) in [6, 6.07) is 0. The fourth-order valence-corrected chi connectivity index (χ4v) is 0. The van der Waals surface area contributed by atoms with Gasteiger partial charge in [0.2, 0.25) is 0 Å². The zero-order valence-electron chi connectivity index (χ0n) is 2.78. The Bertz CT molecular complexity index is 44.2. The van der Waals surface area contributed by atoms with Crippen LogP contribution in [0, 0.1) is 10.1 Å². The van der Waals surface area contributed by atoms with Gasteiger partial charge in [-0.2, -0.15) is 0 Å². The molecule has 0 radical (unpaired) electrons. The summed E-state index contributed by atoms with van der Waals surface area (Å²) in [5.74, 6) is 0. The van der Waals surface area contributed by atoms with Crippen LogP contribution in [-0.2, 0) is 15.9 Å². The maximum absolute atomic E-state index is 8.36. The zero-order chi connectivity index (χ0) is 6.28. The molecule has 0 aromatic rings. The second kappa shape index (κ2) is 9.67. The molecule has 0 aromatic heterocycles. The number of halogens is 2. The van der Waals surface area contributed by atoms with Crippen LogP contribution in [0.2, 0.25) is 0 Å². The molecular formula is HCl2NO3Pd. The Labute approximate surface area is 55.6 Å². The number of hydrogen-bond donors (Lipinski definition) is 1. The van der Waals surface area contributed by atoms with Crippen LogP contribution in [0.3, 0.4) is 0 Å². The van der Waals surface area contributed by atoms with Crippen molar-refractivity contribution in [2.24, 2.45) is 0 Å². The van der Waals surface area contributed by atoms with Gasteiger partial charge >= 0.3 is 35.0 Å². The Morgan fingerprint density at radius 3 is 1.71 bits per heavy atom. The molecule has 0 saturated carbocycles. The van der Waals surface area contributed by atoms with Crippen molar-refractivity contribution in [1.29, 1.82) is 0 Å². The van der Waals surface area contributed by atoms with Crippen LogP contribution in [0.5, 0.6) is 0 Å². The summed E-state index contributed by atoms with van der Waals surface area (Å²) < 4.78 is 0. The van der Waals surface area contributed by atoms with Crippen molar-refractivity contribution in [3.8, 4) is 0 Å². The monoisotopic (exact) mass is 239 g/mol. The third-order valence-corrected chi connectivity index (χ3v) is 0. The molecule has 7 heavy (non-hydrogen) atoms. The van der Waals surface area contributed by atoms with E-state index >= 15 is 0 Å². The second-order valence-corrected chi connectivity index (χ2v) is 2.64. The van der Waals surface area contributed by atoms with E-state index in [0.717, 1.165) is 0 Å². The van der Waals surface area contributed by atoms with E-state index in [9.17, 15) is 0 Å². The average molecular weight is 240 g/mol. The fraction of sp³-hybridized carbons (Fsp3) is 0. The molecule has 0 spiro atoms. The van der Waals surface area contributed by atoms with Gasteiger partial charge in [0.05, 0.1) is 0 Å². The zero-order valence-corrected chi connectivity index (χ0v) is 5.85. The van der Waals surface area contributed by atoms with Crippen LogP contribution in [-0.4, -0.2) is 10.3 Å². The standard InChI is InChI=1S/2ClH.HNO3.Pd/c;;2-1(3)4;/h2*1H;(H,2,3,4);/q;;;+2/p-2. The Balaban J connectivity index is 0. The Morgan fingerprint density at radius 2 is 1.71 bits per heavy atom. The third kappa shape index (κ3) is 650. The minimum atomic E-state index is -1.50. The quantitative estimate of drug-likeness (QED) is 0.391. The molecule has 7 heteroatoms. The van der Waals surface area contributed by atoms with Crippen molar-refractivity contribution in [3.05, 3.63) is 10.1 Å². The molecule has 0 aliphatic heterocycles. The molecule has 48 valence electrons. The molecular weight excluding hydrogens is 239 g/mol. The van der Waals surface area contributed by atoms with E-state index < -0.39 is 5.09 Å². The first-order valence-corrected chi connectivity index (χ1v) is 4.81. The van der Waals surface area contributed by atoms with Gasteiger partial charge in [-0.05, 0) is 0 Å². The third-order valence-electron chi connectivity index (χ3n) is 0. The summed E-state index contributed by atoms with van der Waals surface area (Å²) >= 11 is -0.106. The molecule has 0 saturated heterocycles. The van der Waals surface area contributed by atoms with Crippen LogP contribution in [0.1, 0.15) is 0 Å². The van der Waals surface area contributed by atoms with E-state index in [2.05, 4.69) is 0 Å². The summed E-state index contributed by atoms with van der Waals surface area (Å²) in [4.78, 5) is 8.36. The van der Waals surface area contributed by atoms with Crippen LogP contribution in [0.15, 0.2) is 0 Å². The molecule has 0 heterocycles. The normalized spacial score (nSPS) is 6.57. The van der Waals surface area contributed by atoms with Gasteiger partial charge in [0, 0.05) is 0 Å². The van der Waals surface area contributed by atoms with Crippen molar-refractivity contribution in [2.75, 3.05) is 0 Å². The van der Waals surface area contributed by atoms with Gasteiger partial charge in [0.25, 0.3) is 5.09 Å². The molecule has 0 aromatic carbocycles. The average Bonchev–Trinajstić information content (AvgIpc) is 1.33. The summed E-state index contributed by atoms with van der Waals surface area (Å²) in [7, 11) is 9.63. The molecule has 0 aliphatic rings. The van der Waals surface area contributed by atoms with Gasteiger partial charge in [0.1, 0.15) is 0 Å². The summed E-state index contributed by atoms with van der Waals surface area (Å²) in [5, 5.41) is 13.6. The van der Waals surface area contributed by atoms with E-state index in [0.29, 0.717) is 0 Å². The van der Waals surface area contributed by atoms with Crippen molar-refractivity contribution < 1.29 is 26.2 Å². The Hall–Kier alpha value is 0.442. The van der Waals surface area contributed by atoms with E-state index in [-0.39, 0.29) is 15.9 Å². The molecule has 0 bridgehead atoms. The number of hydrogen-bond acceptors (Lipinski definition) is 2. The first-order chi connectivity index (χ1) is 3.15. The van der Waals surface area contributed by atoms with Crippen LogP contribution < -0.4 is 0 Å². The van der Waals surface area contributed by atoms with Crippen LogP contribution in [0.25, 0.3) is 0 Å². The van der Waals surface area contributed by atoms with Gasteiger partial charge in [-0.3, -0.25) is 0 Å². The molecule has 0 atom stereocenters. The van der Waals surface area contributed by atoms with E-state index in [4.69, 9.17) is 34.4 Å². The summed E-state index contributed by atoms with van der Waals surface area (Å²) in [6.07, 6.45) is 0. The van der Waals surface area contributed by atoms with Crippen molar-refractivity contribution in [2.45, 2.75) is 0 Å². The van der Waals surface area contributed by atoms with E-state index in [1.165, 1.54) is 0 Å². The first kappa shape index (κ1) is 10.4. The second-order valence-electron chi connectivity index (χ2n) is 0.283. The molecule has 0 aliphatic carbocycles. The van der Waals surface area contributed by atoms with Gasteiger partial charge in [0.15, 0.2) is 0 Å². The molecule has 0 unspecified atom stereocenters. The van der Waals surface area contributed by atoms with E-state index in [1.54, 1.807) is 0 Å². The topological polar surface area (TPSA) is 63.4 Å². The van der Waals surface area contributed by atoms with Crippen LogP contribution >= 0.6 is 19.1 Å². The van der Waals surface area contributed by atoms with Crippen LogP contribution in [0.4, 0.5) is 0 Å². The Kier molecular flexibility index (Phi) is 14.4. The van der Waals surface area contributed by atoms with Crippen molar-refractivity contribution in [3.63, 3.8) is 0 Å². The maximum atomic E-state index is 8.36. The van der Waals surface area contributed by atoms with Gasteiger partial charge < -0.3 is 5.21 Å². The Morgan fingerprint density at radius 1 is 1.71 bits per heavy atom. The first-order valence-electron chi connectivity index (χ1n) is 0.804. The fourth-order valence-electron chi connectivity index (χ4n) is 0. The molecule has 0 rings (SSSR count). The molecule has 1 N–H and O–H groups in total. The van der Waals surface area contributed by atoms with Gasteiger partial charge in [-0.15, -0.1) is 10.1 Å². The predicted molar refractivity (Wildman–Crippen MR) is 20.5 cm³/mol. The van der Waals surface area contributed by atoms with E-state index in [1.807, 2.05) is 0 Å². The predicted octanol–water partition coefficient (Wildman–Crippen LogP) is 1.03. The van der Waals surface area contributed by atoms with Gasteiger partial charge in [-0.1, -0.05) is 0 Å².